The van der Waals surface area contributed by atoms with Gasteiger partial charge in [0.25, 0.3) is 5.91 Å². The summed E-state index contributed by atoms with van der Waals surface area (Å²) in [6, 6.07) is 2.08. The van der Waals surface area contributed by atoms with Crippen LogP contribution < -0.4 is 0 Å². The Labute approximate surface area is 103 Å². The van der Waals surface area contributed by atoms with E-state index in [4.69, 9.17) is 0 Å². The molecule has 1 heterocycles. The average molecular weight is 288 g/mol. The van der Waals surface area contributed by atoms with E-state index in [-0.39, 0.29) is 11.9 Å². The molecule has 0 unspecified atom stereocenters. The Hall–Kier alpha value is -0.610. The molecular weight excluding hydrogens is 274 g/mol. The van der Waals surface area contributed by atoms with Crippen molar-refractivity contribution in [2.24, 2.45) is 0 Å². The molecular formula is C11H14BrNOS. The fraction of sp³-hybridized carbons (Fsp3) is 0.364. The molecule has 1 aromatic rings. The van der Waals surface area contributed by atoms with Crippen LogP contribution in [0.15, 0.2) is 28.6 Å². The lowest BCUT2D eigenvalue weighted by atomic mass is 10.3. The summed E-state index contributed by atoms with van der Waals surface area (Å²) in [5, 5.41) is 1.91. The highest BCUT2D eigenvalue weighted by Crippen LogP contribution is 2.24. The van der Waals surface area contributed by atoms with Crippen LogP contribution >= 0.6 is 27.3 Å². The van der Waals surface area contributed by atoms with Gasteiger partial charge in [0, 0.05) is 17.1 Å². The predicted octanol–water partition coefficient (Wildman–Crippen LogP) is 3.55. The summed E-state index contributed by atoms with van der Waals surface area (Å²) in [6.07, 6.45) is 1.75. The molecule has 0 bridgehead atoms. The topological polar surface area (TPSA) is 20.3 Å². The Morgan fingerprint density at radius 1 is 1.73 bits per heavy atom. The molecule has 4 heteroatoms. The minimum absolute atomic E-state index is 0.0618. The SMILES string of the molecule is C=CCN(C(=O)c1sccc1Br)C(C)C. The third-order valence-corrected chi connectivity index (χ3v) is 3.85. The Balaban J connectivity index is 2.90. The molecule has 0 aliphatic heterocycles. The van der Waals surface area contributed by atoms with E-state index >= 15 is 0 Å². The molecule has 1 rings (SSSR count). The number of carbonyl (C=O) groups excluding carboxylic acids is 1. The van der Waals surface area contributed by atoms with Gasteiger partial charge >= 0.3 is 0 Å². The van der Waals surface area contributed by atoms with Crippen LogP contribution in [0.3, 0.4) is 0 Å². The number of nitrogens with zero attached hydrogens (tertiary/aromatic N) is 1. The molecule has 0 aliphatic rings. The van der Waals surface area contributed by atoms with Gasteiger partial charge in [-0.15, -0.1) is 17.9 Å². The van der Waals surface area contributed by atoms with Gasteiger partial charge in [0.15, 0.2) is 0 Å². The summed E-state index contributed by atoms with van der Waals surface area (Å²) in [5.74, 6) is 0.0618. The summed E-state index contributed by atoms with van der Waals surface area (Å²) >= 11 is 4.83. The minimum atomic E-state index is 0.0618. The van der Waals surface area contributed by atoms with Crippen LogP contribution in [0.25, 0.3) is 0 Å². The molecule has 2 nitrogen and oxygen atoms in total. The molecule has 82 valence electrons. The van der Waals surface area contributed by atoms with Gasteiger partial charge in [0.1, 0.15) is 4.88 Å². The summed E-state index contributed by atoms with van der Waals surface area (Å²) in [7, 11) is 0. The fourth-order valence-electron chi connectivity index (χ4n) is 1.24. The second-order valence-electron chi connectivity index (χ2n) is 3.44. The van der Waals surface area contributed by atoms with Crippen LogP contribution in [0.2, 0.25) is 0 Å². The van der Waals surface area contributed by atoms with E-state index in [9.17, 15) is 4.79 Å². The van der Waals surface area contributed by atoms with Gasteiger partial charge in [0.05, 0.1) is 0 Å². The van der Waals surface area contributed by atoms with Crippen LogP contribution in [0.4, 0.5) is 0 Å². The smallest absolute Gasteiger partial charge is 0.265 e. The molecule has 15 heavy (non-hydrogen) atoms. The lowest BCUT2D eigenvalue weighted by molar-refractivity contribution is 0.0733. The van der Waals surface area contributed by atoms with E-state index in [2.05, 4.69) is 22.5 Å². The number of hydrogen-bond acceptors (Lipinski definition) is 2. The lowest BCUT2D eigenvalue weighted by Gasteiger charge is -2.24. The van der Waals surface area contributed by atoms with Crippen LogP contribution in [0.1, 0.15) is 23.5 Å². The van der Waals surface area contributed by atoms with Gasteiger partial charge in [-0.25, -0.2) is 0 Å². The Morgan fingerprint density at radius 3 is 2.80 bits per heavy atom. The maximum absolute atomic E-state index is 12.1. The Kier molecular flexibility index (Phi) is 4.54. The van der Waals surface area contributed by atoms with Crippen molar-refractivity contribution in [2.45, 2.75) is 19.9 Å². The highest BCUT2D eigenvalue weighted by molar-refractivity contribution is 9.10. The number of thiophene rings is 1. The number of amides is 1. The third kappa shape index (κ3) is 2.92. The molecule has 0 N–H and O–H groups in total. The Morgan fingerprint density at radius 2 is 2.40 bits per heavy atom. The minimum Gasteiger partial charge on any atom is -0.332 e. The van der Waals surface area contributed by atoms with E-state index in [0.717, 1.165) is 9.35 Å². The summed E-state index contributed by atoms with van der Waals surface area (Å²) < 4.78 is 0.868. The summed E-state index contributed by atoms with van der Waals surface area (Å²) in [6.45, 7) is 8.26. The molecule has 0 radical (unpaired) electrons. The van der Waals surface area contributed by atoms with Crippen LogP contribution in [0, 0.1) is 0 Å². The molecule has 0 saturated carbocycles. The first-order chi connectivity index (χ1) is 7.07. The van der Waals surface area contributed by atoms with E-state index in [1.807, 2.05) is 25.3 Å². The maximum Gasteiger partial charge on any atom is 0.265 e. The van der Waals surface area contributed by atoms with E-state index in [0.29, 0.717) is 6.54 Å². The lowest BCUT2D eigenvalue weighted by Crippen LogP contribution is -2.36. The molecule has 1 amide bonds. The molecule has 0 fully saturated rings. The molecule has 0 spiro atoms. The van der Waals surface area contributed by atoms with Gasteiger partial charge < -0.3 is 4.90 Å². The summed E-state index contributed by atoms with van der Waals surface area (Å²) in [5.41, 5.74) is 0. The van der Waals surface area contributed by atoms with Crippen molar-refractivity contribution in [2.75, 3.05) is 6.54 Å². The van der Waals surface area contributed by atoms with E-state index < -0.39 is 0 Å². The highest BCUT2D eigenvalue weighted by atomic mass is 79.9. The number of rotatable bonds is 4. The van der Waals surface area contributed by atoms with Crippen molar-refractivity contribution in [3.63, 3.8) is 0 Å². The molecule has 0 atom stereocenters. The first kappa shape index (κ1) is 12.5. The fourth-order valence-corrected chi connectivity index (χ4v) is 2.74. The monoisotopic (exact) mass is 287 g/mol. The zero-order valence-corrected chi connectivity index (χ0v) is 11.3. The zero-order valence-electron chi connectivity index (χ0n) is 8.87. The number of hydrogen-bond donors (Lipinski definition) is 0. The maximum atomic E-state index is 12.1. The second-order valence-corrected chi connectivity index (χ2v) is 5.21. The van der Waals surface area contributed by atoms with Crippen molar-refractivity contribution < 1.29 is 4.79 Å². The third-order valence-electron chi connectivity index (χ3n) is 2.02. The second kappa shape index (κ2) is 5.47. The van der Waals surface area contributed by atoms with Gasteiger partial charge in [-0.3, -0.25) is 4.79 Å². The predicted molar refractivity (Wildman–Crippen MR) is 68.4 cm³/mol. The first-order valence-electron chi connectivity index (χ1n) is 4.72. The Bertz CT molecular complexity index is 359. The zero-order chi connectivity index (χ0) is 11.4. The first-order valence-corrected chi connectivity index (χ1v) is 6.40. The van der Waals surface area contributed by atoms with Gasteiger partial charge in [-0.1, -0.05) is 6.08 Å². The van der Waals surface area contributed by atoms with Crippen molar-refractivity contribution in [3.8, 4) is 0 Å². The van der Waals surface area contributed by atoms with Crippen molar-refractivity contribution >= 4 is 33.2 Å². The van der Waals surface area contributed by atoms with Crippen molar-refractivity contribution in [1.82, 2.24) is 4.90 Å². The van der Waals surface area contributed by atoms with Crippen molar-refractivity contribution in [3.05, 3.63) is 33.5 Å². The number of carbonyl (C=O) groups is 1. The highest BCUT2D eigenvalue weighted by Gasteiger charge is 2.20. The number of halogens is 1. The molecule has 1 aromatic heterocycles. The van der Waals surface area contributed by atoms with E-state index in [1.165, 1.54) is 11.3 Å². The van der Waals surface area contributed by atoms with Crippen LogP contribution in [-0.2, 0) is 0 Å². The molecule has 0 saturated heterocycles. The van der Waals surface area contributed by atoms with Gasteiger partial charge in [0.2, 0.25) is 0 Å². The molecule has 0 aliphatic carbocycles. The van der Waals surface area contributed by atoms with Crippen LogP contribution in [0.5, 0.6) is 0 Å². The average Bonchev–Trinajstić information content (AvgIpc) is 2.59. The quantitative estimate of drug-likeness (QED) is 0.776. The molecule has 0 aromatic carbocycles. The normalized spacial score (nSPS) is 10.4. The standard InChI is InChI=1S/C11H14BrNOS/c1-4-6-13(8(2)3)11(14)10-9(12)5-7-15-10/h4-5,7-8H,1,6H2,2-3H3. The van der Waals surface area contributed by atoms with Gasteiger partial charge in [-0.05, 0) is 41.2 Å². The van der Waals surface area contributed by atoms with Gasteiger partial charge in [-0.2, -0.15) is 0 Å². The largest absolute Gasteiger partial charge is 0.332 e. The van der Waals surface area contributed by atoms with E-state index in [1.54, 1.807) is 11.0 Å². The van der Waals surface area contributed by atoms with Crippen LogP contribution in [-0.4, -0.2) is 23.4 Å². The van der Waals surface area contributed by atoms with Crippen molar-refractivity contribution in [1.29, 1.82) is 0 Å². The summed E-state index contributed by atoms with van der Waals surface area (Å²) in [4.78, 5) is 14.7.